The smallest absolute Gasteiger partial charge is 0.409 e. The van der Waals surface area contributed by atoms with Crippen LogP contribution in [0.2, 0.25) is 0 Å². The van der Waals surface area contributed by atoms with Crippen LogP contribution in [0.15, 0.2) is 24.3 Å². The minimum absolute atomic E-state index is 0.141. The number of amides is 1. The zero-order chi connectivity index (χ0) is 16.9. The van der Waals surface area contributed by atoms with E-state index in [4.69, 9.17) is 4.74 Å². The summed E-state index contributed by atoms with van der Waals surface area (Å²) in [5, 5.41) is 0. The van der Waals surface area contributed by atoms with Crippen molar-refractivity contribution in [2.24, 2.45) is 5.92 Å². The summed E-state index contributed by atoms with van der Waals surface area (Å²) in [6.45, 7) is 8.10. The molecule has 2 heterocycles. The number of piperazine rings is 1. The predicted octanol–water partition coefficient (Wildman–Crippen LogP) is 2.60. The summed E-state index contributed by atoms with van der Waals surface area (Å²) in [5.74, 6) is 0.527. The van der Waals surface area contributed by atoms with Crippen LogP contribution in [0.25, 0.3) is 0 Å². The van der Waals surface area contributed by atoms with Gasteiger partial charge in [-0.05, 0) is 58.0 Å². The predicted molar refractivity (Wildman–Crippen MR) is 96.5 cm³/mol. The van der Waals surface area contributed by atoms with E-state index >= 15 is 0 Å². The highest BCUT2D eigenvalue weighted by atomic mass is 16.6. The highest BCUT2D eigenvalue weighted by Crippen LogP contribution is 2.19. The topological polar surface area (TPSA) is 36.0 Å². The summed E-state index contributed by atoms with van der Waals surface area (Å²) >= 11 is 0. The molecular formula is C19H29N3O2. The minimum Gasteiger partial charge on any atom is -0.449 e. The first-order chi connectivity index (χ1) is 11.6. The van der Waals surface area contributed by atoms with E-state index in [-0.39, 0.29) is 6.09 Å². The van der Waals surface area contributed by atoms with E-state index in [1.807, 2.05) is 4.90 Å². The highest BCUT2D eigenvalue weighted by molar-refractivity contribution is 5.68. The number of hydrogen-bond acceptors (Lipinski definition) is 4. The van der Waals surface area contributed by atoms with Gasteiger partial charge in [0.25, 0.3) is 0 Å². The van der Waals surface area contributed by atoms with Crippen LogP contribution in [-0.4, -0.2) is 68.8 Å². The van der Waals surface area contributed by atoms with E-state index in [1.54, 1.807) is 0 Å². The monoisotopic (exact) mass is 331 g/mol. The molecule has 0 atom stereocenters. The number of hydrogen-bond donors (Lipinski definition) is 0. The Kier molecular flexibility index (Phi) is 5.61. The summed E-state index contributed by atoms with van der Waals surface area (Å²) < 4.78 is 5.56. The molecule has 24 heavy (non-hydrogen) atoms. The third-order valence-corrected chi connectivity index (χ3v) is 5.22. The molecule has 0 aliphatic carbocycles. The molecule has 1 aromatic carbocycles. The van der Waals surface area contributed by atoms with Crippen molar-refractivity contribution in [2.75, 3.05) is 57.8 Å². The van der Waals surface area contributed by atoms with Gasteiger partial charge in [-0.1, -0.05) is 17.7 Å². The average Bonchev–Trinajstić information content (AvgIpc) is 2.62. The number of carbonyl (C=O) groups excluding carboxylic acids is 1. The number of piperidine rings is 1. The molecule has 2 saturated heterocycles. The molecule has 0 aromatic heterocycles. The molecule has 3 rings (SSSR count). The Hall–Kier alpha value is -1.75. The van der Waals surface area contributed by atoms with Crippen molar-refractivity contribution in [3.63, 3.8) is 0 Å². The number of benzene rings is 1. The largest absolute Gasteiger partial charge is 0.449 e. The fourth-order valence-corrected chi connectivity index (χ4v) is 3.41. The third-order valence-electron chi connectivity index (χ3n) is 5.22. The first-order valence-electron chi connectivity index (χ1n) is 9.03. The second kappa shape index (κ2) is 7.88. The molecule has 1 amide bonds. The molecule has 5 heteroatoms. The Labute approximate surface area is 145 Å². The molecule has 0 saturated carbocycles. The Morgan fingerprint density at radius 3 is 2.29 bits per heavy atom. The number of anilines is 1. The molecule has 0 unspecified atom stereocenters. The van der Waals surface area contributed by atoms with Crippen molar-refractivity contribution >= 4 is 11.8 Å². The summed E-state index contributed by atoms with van der Waals surface area (Å²) in [4.78, 5) is 18.8. The SMILES string of the molecule is Cc1ccc(N2CCN(C(=O)OCC3CCN(C)CC3)CC2)cc1. The van der Waals surface area contributed by atoms with Crippen LogP contribution >= 0.6 is 0 Å². The zero-order valence-corrected chi connectivity index (χ0v) is 14.9. The molecule has 2 aliphatic heterocycles. The van der Waals surface area contributed by atoms with Gasteiger partial charge in [0.15, 0.2) is 0 Å². The van der Waals surface area contributed by atoms with Crippen LogP contribution in [0.5, 0.6) is 0 Å². The van der Waals surface area contributed by atoms with Crippen LogP contribution in [0, 0.1) is 12.8 Å². The van der Waals surface area contributed by atoms with Crippen molar-refractivity contribution in [2.45, 2.75) is 19.8 Å². The van der Waals surface area contributed by atoms with Crippen molar-refractivity contribution in [3.8, 4) is 0 Å². The lowest BCUT2D eigenvalue weighted by Gasteiger charge is -2.36. The van der Waals surface area contributed by atoms with Gasteiger partial charge in [-0.2, -0.15) is 0 Å². The van der Waals surface area contributed by atoms with Gasteiger partial charge in [0.2, 0.25) is 0 Å². The Morgan fingerprint density at radius 1 is 1.04 bits per heavy atom. The van der Waals surface area contributed by atoms with Gasteiger partial charge in [0, 0.05) is 31.9 Å². The third kappa shape index (κ3) is 4.41. The summed E-state index contributed by atoms with van der Waals surface area (Å²) in [6.07, 6.45) is 2.12. The van der Waals surface area contributed by atoms with Gasteiger partial charge in [-0.25, -0.2) is 4.79 Å². The van der Waals surface area contributed by atoms with Gasteiger partial charge >= 0.3 is 6.09 Å². The maximum Gasteiger partial charge on any atom is 0.409 e. The van der Waals surface area contributed by atoms with Crippen LogP contribution in [0.4, 0.5) is 10.5 Å². The maximum absolute atomic E-state index is 12.3. The average molecular weight is 331 g/mol. The first kappa shape index (κ1) is 17.1. The quantitative estimate of drug-likeness (QED) is 0.853. The van der Waals surface area contributed by atoms with Crippen molar-refractivity contribution in [1.82, 2.24) is 9.80 Å². The van der Waals surface area contributed by atoms with Gasteiger partial charge < -0.3 is 19.4 Å². The molecule has 0 radical (unpaired) electrons. The molecular weight excluding hydrogens is 302 g/mol. The molecule has 2 aliphatic rings. The normalized spacial score (nSPS) is 20.2. The Balaban J connectivity index is 1.41. The fraction of sp³-hybridized carbons (Fsp3) is 0.632. The Morgan fingerprint density at radius 2 is 1.67 bits per heavy atom. The Bertz CT molecular complexity index is 530. The fourth-order valence-electron chi connectivity index (χ4n) is 3.41. The summed E-state index contributed by atoms with van der Waals surface area (Å²) in [7, 11) is 2.15. The lowest BCUT2D eigenvalue weighted by molar-refractivity contribution is 0.0715. The summed E-state index contributed by atoms with van der Waals surface area (Å²) in [5.41, 5.74) is 2.51. The number of rotatable bonds is 3. The van der Waals surface area contributed by atoms with Gasteiger partial charge in [0.1, 0.15) is 0 Å². The molecule has 5 nitrogen and oxygen atoms in total. The summed E-state index contributed by atoms with van der Waals surface area (Å²) in [6, 6.07) is 8.59. The molecule has 0 N–H and O–H groups in total. The van der Waals surface area contributed by atoms with Crippen LogP contribution in [-0.2, 0) is 4.74 Å². The van der Waals surface area contributed by atoms with Crippen molar-refractivity contribution in [1.29, 1.82) is 0 Å². The van der Waals surface area contributed by atoms with E-state index < -0.39 is 0 Å². The number of carbonyl (C=O) groups is 1. The van der Waals surface area contributed by atoms with E-state index in [0.29, 0.717) is 12.5 Å². The van der Waals surface area contributed by atoms with Gasteiger partial charge in [-0.3, -0.25) is 0 Å². The van der Waals surface area contributed by atoms with E-state index in [1.165, 1.54) is 11.3 Å². The molecule has 1 aromatic rings. The van der Waals surface area contributed by atoms with E-state index in [9.17, 15) is 4.79 Å². The molecule has 2 fully saturated rings. The van der Waals surface area contributed by atoms with Crippen LogP contribution in [0.3, 0.4) is 0 Å². The molecule has 132 valence electrons. The number of aryl methyl sites for hydroxylation is 1. The van der Waals surface area contributed by atoms with Crippen molar-refractivity contribution in [3.05, 3.63) is 29.8 Å². The number of ether oxygens (including phenoxy) is 1. The van der Waals surface area contributed by atoms with Crippen LogP contribution in [0.1, 0.15) is 18.4 Å². The second-order valence-electron chi connectivity index (χ2n) is 7.13. The van der Waals surface area contributed by atoms with E-state index in [0.717, 1.165) is 52.1 Å². The second-order valence-corrected chi connectivity index (χ2v) is 7.13. The first-order valence-corrected chi connectivity index (χ1v) is 9.03. The highest BCUT2D eigenvalue weighted by Gasteiger charge is 2.24. The zero-order valence-electron chi connectivity index (χ0n) is 14.9. The minimum atomic E-state index is -0.141. The van der Waals surface area contributed by atoms with Crippen LogP contribution < -0.4 is 4.90 Å². The number of nitrogens with zero attached hydrogens (tertiary/aromatic N) is 3. The van der Waals surface area contributed by atoms with E-state index in [2.05, 4.69) is 48.0 Å². The van der Waals surface area contributed by atoms with Crippen molar-refractivity contribution < 1.29 is 9.53 Å². The van der Waals surface area contributed by atoms with Gasteiger partial charge in [0.05, 0.1) is 6.61 Å². The number of likely N-dealkylation sites (tertiary alicyclic amines) is 1. The molecule has 0 bridgehead atoms. The van der Waals surface area contributed by atoms with Gasteiger partial charge in [-0.15, -0.1) is 0 Å². The lowest BCUT2D eigenvalue weighted by atomic mass is 9.98. The lowest BCUT2D eigenvalue weighted by Crippen LogP contribution is -2.49. The molecule has 0 spiro atoms. The maximum atomic E-state index is 12.3. The standard InChI is InChI=1S/C19H29N3O2/c1-16-3-5-18(6-4-16)21-11-13-22(14-12-21)19(23)24-15-17-7-9-20(2)10-8-17/h3-6,17H,7-15H2,1-2H3.